The number of aliphatic hydroxyl groups excluding tert-OH is 1. The zero-order valence-corrected chi connectivity index (χ0v) is 8.26. The molecule has 1 atom stereocenters. The van der Waals surface area contributed by atoms with Crippen molar-refractivity contribution in [2.24, 2.45) is 0 Å². The minimum atomic E-state index is -0.511. The molecule has 1 N–H and O–H groups in total. The van der Waals surface area contributed by atoms with Crippen LogP contribution in [0.25, 0.3) is 0 Å². The Hall–Kier alpha value is -0.120. The fraction of sp³-hybridized carbons (Fsp3) is 1.00. The van der Waals surface area contributed by atoms with Gasteiger partial charge in [0, 0.05) is 6.61 Å². The maximum Gasteiger partial charge on any atom is 0.164 e. The van der Waals surface area contributed by atoms with Gasteiger partial charge in [-0.2, -0.15) is 0 Å². The van der Waals surface area contributed by atoms with E-state index >= 15 is 0 Å². The van der Waals surface area contributed by atoms with E-state index < -0.39 is 5.79 Å². The Labute approximate surface area is 73.7 Å². The first-order valence-electron chi connectivity index (χ1n) is 4.36. The lowest BCUT2D eigenvalue weighted by molar-refractivity contribution is -0.157. The Morgan fingerprint density at radius 3 is 2.17 bits per heavy atom. The highest BCUT2D eigenvalue weighted by Gasteiger charge is 2.46. The lowest BCUT2D eigenvalue weighted by Crippen LogP contribution is -2.33. The highest BCUT2D eigenvalue weighted by Crippen LogP contribution is 2.37. The summed E-state index contributed by atoms with van der Waals surface area (Å²) in [6, 6.07) is 0. The van der Waals surface area contributed by atoms with Gasteiger partial charge >= 0.3 is 0 Å². The fourth-order valence-electron chi connectivity index (χ4n) is 1.73. The maximum atomic E-state index is 8.79. The molecule has 0 spiro atoms. The molecule has 1 saturated heterocycles. The molecule has 0 bridgehead atoms. The van der Waals surface area contributed by atoms with Crippen LogP contribution < -0.4 is 0 Å². The Kier molecular flexibility index (Phi) is 2.47. The summed E-state index contributed by atoms with van der Waals surface area (Å²) in [6.45, 7) is 7.91. The summed E-state index contributed by atoms with van der Waals surface area (Å²) < 4.78 is 11.3. The van der Waals surface area contributed by atoms with Gasteiger partial charge in [0.25, 0.3) is 0 Å². The summed E-state index contributed by atoms with van der Waals surface area (Å²) in [5.74, 6) is -0.511. The topological polar surface area (TPSA) is 38.7 Å². The van der Waals surface area contributed by atoms with Gasteiger partial charge < -0.3 is 14.6 Å². The van der Waals surface area contributed by atoms with Crippen molar-refractivity contribution in [3.05, 3.63) is 0 Å². The van der Waals surface area contributed by atoms with Gasteiger partial charge in [0.2, 0.25) is 0 Å². The van der Waals surface area contributed by atoms with E-state index in [1.54, 1.807) is 0 Å². The van der Waals surface area contributed by atoms with Crippen molar-refractivity contribution >= 4 is 0 Å². The van der Waals surface area contributed by atoms with Gasteiger partial charge in [-0.15, -0.1) is 0 Å². The molecule has 1 aliphatic rings. The zero-order valence-electron chi connectivity index (χ0n) is 8.26. The van der Waals surface area contributed by atoms with E-state index in [1.807, 2.05) is 27.7 Å². The molecule has 0 radical (unpaired) electrons. The third-order valence-electron chi connectivity index (χ3n) is 2.10. The van der Waals surface area contributed by atoms with E-state index in [0.717, 1.165) is 0 Å². The third-order valence-corrected chi connectivity index (χ3v) is 2.10. The van der Waals surface area contributed by atoms with Crippen molar-refractivity contribution < 1.29 is 14.6 Å². The van der Waals surface area contributed by atoms with Crippen LogP contribution >= 0.6 is 0 Å². The fourth-order valence-corrected chi connectivity index (χ4v) is 1.73. The average Bonchev–Trinajstić information content (AvgIpc) is 2.01. The van der Waals surface area contributed by atoms with Gasteiger partial charge in [0.15, 0.2) is 5.79 Å². The summed E-state index contributed by atoms with van der Waals surface area (Å²) in [4.78, 5) is 0. The number of rotatable bonds is 2. The molecule has 0 aromatic heterocycles. The van der Waals surface area contributed by atoms with Crippen LogP contribution in [-0.2, 0) is 9.47 Å². The first-order valence-corrected chi connectivity index (χ1v) is 4.36. The van der Waals surface area contributed by atoms with E-state index in [4.69, 9.17) is 14.6 Å². The molecule has 3 heteroatoms. The van der Waals surface area contributed by atoms with E-state index in [0.29, 0.717) is 6.42 Å². The van der Waals surface area contributed by atoms with Crippen molar-refractivity contribution in [3.8, 4) is 0 Å². The first-order chi connectivity index (χ1) is 5.37. The highest BCUT2D eigenvalue weighted by molar-refractivity contribution is 4.88. The quantitative estimate of drug-likeness (QED) is 0.685. The summed E-state index contributed by atoms with van der Waals surface area (Å²) in [5, 5.41) is 8.79. The Morgan fingerprint density at radius 2 is 1.83 bits per heavy atom. The van der Waals surface area contributed by atoms with E-state index in [-0.39, 0.29) is 18.3 Å². The van der Waals surface area contributed by atoms with Crippen molar-refractivity contribution in [3.63, 3.8) is 0 Å². The van der Waals surface area contributed by atoms with Crippen LogP contribution in [0.2, 0.25) is 0 Å². The third kappa shape index (κ3) is 1.97. The zero-order chi connectivity index (χ0) is 9.41. The van der Waals surface area contributed by atoms with E-state index in [9.17, 15) is 0 Å². The molecule has 12 heavy (non-hydrogen) atoms. The summed E-state index contributed by atoms with van der Waals surface area (Å²) in [7, 11) is 0. The molecule has 0 aromatic carbocycles. The molecule has 1 heterocycles. The van der Waals surface area contributed by atoms with Crippen LogP contribution in [0.5, 0.6) is 0 Å². The molecule has 1 fully saturated rings. The maximum absolute atomic E-state index is 8.79. The van der Waals surface area contributed by atoms with E-state index in [1.165, 1.54) is 0 Å². The van der Waals surface area contributed by atoms with Gasteiger partial charge in [-0.05, 0) is 34.1 Å². The van der Waals surface area contributed by atoms with Gasteiger partial charge in [-0.25, -0.2) is 0 Å². The van der Waals surface area contributed by atoms with Gasteiger partial charge in [-0.3, -0.25) is 0 Å². The van der Waals surface area contributed by atoms with Crippen LogP contribution in [0.3, 0.4) is 0 Å². The van der Waals surface area contributed by atoms with Gasteiger partial charge in [0.1, 0.15) is 0 Å². The number of hydrogen-bond acceptors (Lipinski definition) is 3. The van der Waals surface area contributed by atoms with Crippen LogP contribution in [0.4, 0.5) is 0 Å². The largest absolute Gasteiger partial charge is 0.396 e. The molecular formula is C9H18O3. The monoisotopic (exact) mass is 174 g/mol. The lowest BCUT2D eigenvalue weighted by atomic mass is 10.00. The van der Waals surface area contributed by atoms with Gasteiger partial charge in [-0.1, -0.05) is 0 Å². The molecule has 0 saturated carbocycles. The molecule has 0 aromatic rings. The summed E-state index contributed by atoms with van der Waals surface area (Å²) in [5.41, 5.74) is -0.285. The smallest absolute Gasteiger partial charge is 0.164 e. The second-order valence-corrected chi connectivity index (χ2v) is 4.22. The van der Waals surface area contributed by atoms with Gasteiger partial charge in [0.05, 0.1) is 11.7 Å². The minimum absolute atomic E-state index is 0.00231. The Balaban J connectivity index is 2.64. The second kappa shape index (κ2) is 2.98. The van der Waals surface area contributed by atoms with Crippen LogP contribution in [0, 0.1) is 0 Å². The predicted molar refractivity (Wildman–Crippen MR) is 45.8 cm³/mol. The van der Waals surface area contributed by atoms with Crippen LogP contribution in [0.1, 0.15) is 34.1 Å². The molecule has 3 nitrogen and oxygen atoms in total. The SMILES string of the molecule is CC1(C)O[C@H](CCO)C(C)(C)O1. The molecular weight excluding hydrogens is 156 g/mol. The molecule has 1 aliphatic heterocycles. The van der Waals surface area contributed by atoms with Crippen molar-refractivity contribution in [2.45, 2.75) is 51.6 Å². The number of aliphatic hydroxyl groups is 1. The standard InChI is InChI=1S/C9H18O3/c1-8(2)7(5-6-10)11-9(3,4)12-8/h7,10H,5-6H2,1-4H3/t7-/m1/s1. The molecule has 72 valence electrons. The van der Waals surface area contributed by atoms with Crippen LogP contribution in [0.15, 0.2) is 0 Å². The normalized spacial score (nSPS) is 32.2. The number of ether oxygens (including phenoxy) is 2. The second-order valence-electron chi connectivity index (χ2n) is 4.22. The van der Waals surface area contributed by atoms with Crippen LogP contribution in [-0.4, -0.2) is 29.2 Å². The van der Waals surface area contributed by atoms with Crippen molar-refractivity contribution in [1.29, 1.82) is 0 Å². The molecule has 0 unspecified atom stereocenters. The Morgan fingerprint density at radius 1 is 1.25 bits per heavy atom. The number of hydrogen-bond donors (Lipinski definition) is 1. The summed E-state index contributed by atoms with van der Waals surface area (Å²) in [6.07, 6.45) is 0.633. The van der Waals surface area contributed by atoms with Crippen molar-refractivity contribution in [2.75, 3.05) is 6.61 Å². The molecule has 0 aliphatic carbocycles. The lowest BCUT2D eigenvalue weighted by Gasteiger charge is -2.23. The molecule has 0 amide bonds. The Bertz CT molecular complexity index is 163. The summed E-state index contributed by atoms with van der Waals surface area (Å²) >= 11 is 0. The predicted octanol–water partition coefficient (Wildman–Crippen LogP) is 1.30. The first kappa shape index (κ1) is 9.96. The average molecular weight is 174 g/mol. The van der Waals surface area contributed by atoms with E-state index in [2.05, 4.69) is 0 Å². The minimum Gasteiger partial charge on any atom is -0.396 e. The molecule has 1 rings (SSSR count). The highest BCUT2D eigenvalue weighted by atomic mass is 16.8. The van der Waals surface area contributed by atoms with Crippen molar-refractivity contribution in [1.82, 2.24) is 0 Å².